The summed E-state index contributed by atoms with van der Waals surface area (Å²) in [5.41, 5.74) is 2.04. The molecular formula is C25H27ClN2O5S. The lowest BCUT2D eigenvalue weighted by atomic mass is 10.2. The Balaban J connectivity index is 1.71. The van der Waals surface area contributed by atoms with Crippen LogP contribution in [0.15, 0.2) is 71.6 Å². The molecule has 0 aliphatic heterocycles. The number of methoxy groups -OCH3 is 1. The van der Waals surface area contributed by atoms with E-state index in [0.29, 0.717) is 22.2 Å². The predicted molar refractivity (Wildman–Crippen MR) is 133 cm³/mol. The lowest BCUT2D eigenvalue weighted by Gasteiger charge is -2.24. The molecule has 0 aromatic heterocycles. The van der Waals surface area contributed by atoms with Crippen LogP contribution in [0.5, 0.6) is 11.5 Å². The summed E-state index contributed by atoms with van der Waals surface area (Å²) < 4.78 is 38.6. The van der Waals surface area contributed by atoms with Gasteiger partial charge in [0.25, 0.3) is 10.0 Å². The zero-order valence-corrected chi connectivity index (χ0v) is 20.8. The van der Waals surface area contributed by atoms with Crippen molar-refractivity contribution in [2.75, 3.05) is 31.1 Å². The van der Waals surface area contributed by atoms with Crippen LogP contribution in [-0.4, -0.2) is 41.1 Å². The number of anilines is 1. The van der Waals surface area contributed by atoms with Crippen molar-refractivity contribution >= 4 is 33.2 Å². The Morgan fingerprint density at radius 2 is 1.62 bits per heavy atom. The van der Waals surface area contributed by atoms with Gasteiger partial charge in [0.05, 0.1) is 24.2 Å². The van der Waals surface area contributed by atoms with Crippen LogP contribution in [0.25, 0.3) is 0 Å². The molecule has 3 aromatic rings. The highest BCUT2D eigenvalue weighted by Gasteiger charge is 2.27. The zero-order chi connectivity index (χ0) is 24.7. The molecule has 34 heavy (non-hydrogen) atoms. The minimum atomic E-state index is -4.01. The number of benzene rings is 3. The fourth-order valence-electron chi connectivity index (χ4n) is 3.11. The molecule has 7 nitrogen and oxygen atoms in total. The number of sulfonamides is 1. The fourth-order valence-corrected chi connectivity index (χ4v) is 4.69. The molecule has 0 heterocycles. The molecule has 180 valence electrons. The first kappa shape index (κ1) is 25.4. The molecule has 3 aromatic carbocycles. The highest BCUT2D eigenvalue weighted by molar-refractivity contribution is 7.92. The lowest BCUT2D eigenvalue weighted by Crippen LogP contribution is -2.42. The topological polar surface area (TPSA) is 84.9 Å². The van der Waals surface area contributed by atoms with Gasteiger partial charge in [-0.1, -0.05) is 35.4 Å². The molecule has 0 atom stereocenters. The molecular weight excluding hydrogens is 476 g/mol. The summed E-state index contributed by atoms with van der Waals surface area (Å²) in [4.78, 5) is 12.8. The first-order chi connectivity index (χ1) is 16.2. The molecule has 0 unspecified atom stereocenters. The van der Waals surface area contributed by atoms with E-state index in [0.717, 1.165) is 15.4 Å². The Kier molecular flexibility index (Phi) is 8.41. The summed E-state index contributed by atoms with van der Waals surface area (Å²) in [5, 5.41) is 3.12. The number of amides is 1. The highest BCUT2D eigenvalue weighted by Crippen LogP contribution is 2.28. The number of halogens is 1. The summed E-state index contributed by atoms with van der Waals surface area (Å²) in [5.74, 6) is 0.880. The maximum absolute atomic E-state index is 13.4. The monoisotopic (exact) mass is 502 g/mol. The SMILES string of the molecule is COc1ccc(OCCNC(=O)CN(c2ccc(C)c(Cl)c2)S(=O)(=O)c2ccc(C)cc2)cc1. The number of aryl methyl sites for hydroxylation is 2. The number of nitrogens with one attached hydrogen (secondary N) is 1. The minimum Gasteiger partial charge on any atom is -0.497 e. The summed E-state index contributed by atoms with van der Waals surface area (Å²) >= 11 is 6.24. The average Bonchev–Trinajstić information content (AvgIpc) is 2.82. The molecule has 0 bridgehead atoms. The molecule has 1 amide bonds. The molecule has 0 radical (unpaired) electrons. The fraction of sp³-hybridized carbons (Fsp3) is 0.240. The van der Waals surface area contributed by atoms with Gasteiger partial charge in [-0.25, -0.2) is 8.42 Å². The number of ether oxygens (including phenoxy) is 2. The molecule has 0 spiro atoms. The standard InChI is InChI=1S/C25H27ClN2O5S/c1-18-4-12-23(13-5-18)34(30,31)28(20-7-6-19(2)24(26)16-20)17-25(29)27-14-15-33-22-10-8-21(32-3)9-11-22/h4-13,16H,14-15,17H2,1-3H3,(H,27,29). The van der Waals surface area contributed by atoms with Gasteiger partial charge in [-0.05, 0) is 67.9 Å². The minimum absolute atomic E-state index is 0.0884. The van der Waals surface area contributed by atoms with Crippen LogP contribution in [0.4, 0.5) is 5.69 Å². The van der Waals surface area contributed by atoms with E-state index in [1.807, 2.05) is 13.8 Å². The van der Waals surface area contributed by atoms with Crippen molar-refractivity contribution in [2.45, 2.75) is 18.7 Å². The molecule has 9 heteroatoms. The lowest BCUT2D eigenvalue weighted by molar-refractivity contribution is -0.119. The summed E-state index contributed by atoms with van der Waals surface area (Å²) in [6.07, 6.45) is 0. The Morgan fingerprint density at radius 3 is 2.24 bits per heavy atom. The normalized spacial score (nSPS) is 11.1. The second-order valence-corrected chi connectivity index (χ2v) is 9.90. The van der Waals surface area contributed by atoms with E-state index in [2.05, 4.69) is 5.32 Å². The summed E-state index contributed by atoms with van der Waals surface area (Å²) in [6, 6.07) is 18.4. The first-order valence-electron chi connectivity index (χ1n) is 10.6. The molecule has 0 aliphatic carbocycles. The van der Waals surface area contributed by atoms with E-state index in [-0.39, 0.29) is 18.0 Å². The van der Waals surface area contributed by atoms with Gasteiger partial charge in [0, 0.05) is 5.02 Å². The number of hydrogen-bond acceptors (Lipinski definition) is 5. The third-order valence-electron chi connectivity index (χ3n) is 5.09. The average molecular weight is 503 g/mol. The Labute approximate surface area is 205 Å². The van der Waals surface area contributed by atoms with E-state index in [1.165, 1.54) is 12.1 Å². The Hall–Kier alpha value is -3.23. The summed E-state index contributed by atoms with van der Waals surface area (Å²) in [7, 11) is -2.42. The largest absolute Gasteiger partial charge is 0.497 e. The van der Waals surface area contributed by atoms with Gasteiger partial charge in [-0.2, -0.15) is 0 Å². The summed E-state index contributed by atoms with van der Waals surface area (Å²) in [6.45, 7) is 3.71. The molecule has 1 N–H and O–H groups in total. The first-order valence-corrected chi connectivity index (χ1v) is 12.4. The Morgan fingerprint density at radius 1 is 0.971 bits per heavy atom. The van der Waals surface area contributed by atoms with Crippen molar-refractivity contribution in [3.63, 3.8) is 0 Å². The van der Waals surface area contributed by atoms with Gasteiger partial charge < -0.3 is 14.8 Å². The van der Waals surface area contributed by atoms with Crippen molar-refractivity contribution in [1.29, 1.82) is 0 Å². The highest BCUT2D eigenvalue weighted by atomic mass is 35.5. The Bertz CT molecular complexity index is 1230. The van der Waals surface area contributed by atoms with E-state index in [4.69, 9.17) is 21.1 Å². The van der Waals surface area contributed by atoms with Crippen LogP contribution in [-0.2, 0) is 14.8 Å². The van der Waals surface area contributed by atoms with Gasteiger partial charge >= 0.3 is 0 Å². The number of hydrogen-bond donors (Lipinski definition) is 1. The zero-order valence-electron chi connectivity index (χ0n) is 19.2. The molecule has 0 saturated heterocycles. The van der Waals surface area contributed by atoms with Crippen LogP contribution < -0.4 is 19.1 Å². The van der Waals surface area contributed by atoms with Gasteiger partial charge in [0.1, 0.15) is 24.7 Å². The van der Waals surface area contributed by atoms with Crippen LogP contribution >= 0.6 is 11.6 Å². The van der Waals surface area contributed by atoms with Crippen LogP contribution in [0.3, 0.4) is 0 Å². The predicted octanol–water partition coefficient (Wildman–Crippen LogP) is 4.36. The number of carbonyl (C=O) groups is 1. The second kappa shape index (κ2) is 11.3. The molecule has 0 fully saturated rings. The van der Waals surface area contributed by atoms with Gasteiger partial charge in [-0.15, -0.1) is 0 Å². The van der Waals surface area contributed by atoms with Crippen molar-refractivity contribution in [3.05, 3.63) is 82.9 Å². The number of carbonyl (C=O) groups excluding carboxylic acids is 1. The van der Waals surface area contributed by atoms with E-state index >= 15 is 0 Å². The van der Waals surface area contributed by atoms with E-state index in [9.17, 15) is 13.2 Å². The van der Waals surface area contributed by atoms with Crippen LogP contribution in [0.1, 0.15) is 11.1 Å². The van der Waals surface area contributed by atoms with E-state index < -0.39 is 22.5 Å². The van der Waals surface area contributed by atoms with E-state index in [1.54, 1.807) is 61.7 Å². The van der Waals surface area contributed by atoms with Crippen molar-refractivity contribution < 1.29 is 22.7 Å². The van der Waals surface area contributed by atoms with Crippen molar-refractivity contribution in [1.82, 2.24) is 5.32 Å². The quantitative estimate of drug-likeness (QED) is 0.416. The van der Waals surface area contributed by atoms with Crippen molar-refractivity contribution in [3.8, 4) is 11.5 Å². The van der Waals surface area contributed by atoms with Crippen molar-refractivity contribution in [2.24, 2.45) is 0 Å². The molecule has 0 saturated carbocycles. The third kappa shape index (κ3) is 6.42. The maximum atomic E-state index is 13.4. The molecule has 0 aliphatic rings. The number of nitrogens with zero attached hydrogens (tertiary/aromatic N) is 1. The maximum Gasteiger partial charge on any atom is 0.264 e. The molecule has 3 rings (SSSR count). The van der Waals surface area contributed by atoms with Gasteiger partial charge in [0.15, 0.2) is 0 Å². The van der Waals surface area contributed by atoms with Gasteiger partial charge in [-0.3, -0.25) is 9.10 Å². The van der Waals surface area contributed by atoms with Gasteiger partial charge in [0.2, 0.25) is 5.91 Å². The van der Waals surface area contributed by atoms with Crippen LogP contribution in [0.2, 0.25) is 5.02 Å². The third-order valence-corrected chi connectivity index (χ3v) is 7.29. The second-order valence-electron chi connectivity index (χ2n) is 7.63. The number of rotatable bonds is 10. The van der Waals surface area contributed by atoms with Crippen LogP contribution in [0, 0.1) is 13.8 Å². The smallest absolute Gasteiger partial charge is 0.264 e.